The molecule has 3 amide bonds. The quantitative estimate of drug-likeness (QED) is 0.211. The second-order valence-corrected chi connectivity index (χ2v) is 10.7. The maximum Gasteiger partial charge on any atom is 0.319 e. The third-order valence-corrected chi connectivity index (χ3v) is 7.63. The minimum Gasteiger partial charge on any atom is -0.326 e. The molecule has 42 heavy (non-hydrogen) atoms. The average Bonchev–Trinajstić information content (AvgIpc) is 3.48. The molecule has 0 radical (unpaired) electrons. The topological polar surface area (TPSA) is 112 Å². The molecule has 3 aromatic carbocycles. The van der Waals surface area contributed by atoms with E-state index in [4.69, 9.17) is 0 Å². The second-order valence-electron chi connectivity index (χ2n) is 9.85. The third kappa shape index (κ3) is 7.94. The molecule has 1 atom stereocenters. The van der Waals surface area contributed by atoms with E-state index in [1.54, 1.807) is 18.6 Å². The molecule has 0 aliphatic carbocycles. The lowest BCUT2D eigenvalue weighted by atomic mass is 9.88. The Morgan fingerprint density at radius 1 is 0.929 bits per heavy atom. The van der Waals surface area contributed by atoms with E-state index in [0.717, 1.165) is 17.7 Å². The first-order chi connectivity index (χ1) is 20.5. The second kappa shape index (κ2) is 14.3. The highest BCUT2D eigenvalue weighted by Gasteiger charge is 2.25. The molecule has 5 rings (SSSR count). The van der Waals surface area contributed by atoms with Crippen molar-refractivity contribution in [1.82, 2.24) is 24.9 Å². The van der Waals surface area contributed by atoms with Crippen LogP contribution in [0.4, 0.5) is 10.5 Å². The standard InChI is InChI=1S/C32H33N7O2S/c1-23(40)35-27-14-12-26(13-15-27)30-36-31(42-38-30)37-32(41)39(20-16-28-22-33-18-19-34-28)21-17-29(24-8-4-2-5-9-24)25-10-6-3-7-11-25/h2-15,18-19,22,29,31H,16-17,20-21H2,1H3,(H,35,40)(H,36,38)(H,37,41). The van der Waals surface area contributed by atoms with Crippen molar-refractivity contribution in [3.63, 3.8) is 0 Å². The summed E-state index contributed by atoms with van der Waals surface area (Å²) < 4.78 is 3.21. The van der Waals surface area contributed by atoms with Crippen LogP contribution in [-0.4, -0.2) is 51.2 Å². The first-order valence-electron chi connectivity index (χ1n) is 13.8. The molecule has 0 fully saturated rings. The zero-order valence-corrected chi connectivity index (χ0v) is 24.1. The number of amides is 3. The number of hydrogen-bond donors (Lipinski definition) is 3. The van der Waals surface area contributed by atoms with Gasteiger partial charge in [-0.1, -0.05) is 60.7 Å². The van der Waals surface area contributed by atoms with Crippen LogP contribution < -0.4 is 15.4 Å². The van der Waals surface area contributed by atoms with Crippen LogP contribution in [0.3, 0.4) is 0 Å². The van der Waals surface area contributed by atoms with Gasteiger partial charge >= 0.3 is 6.03 Å². The summed E-state index contributed by atoms with van der Waals surface area (Å²) in [7, 11) is 0. The Morgan fingerprint density at radius 2 is 1.62 bits per heavy atom. The smallest absolute Gasteiger partial charge is 0.319 e. The molecule has 4 aromatic rings. The Morgan fingerprint density at radius 3 is 2.24 bits per heavy atom. The van der Waals surface area contributed by atoms with Crippen molar-refractivity contribution < 1.29 is 9.59 Å². The van der Waals surface area contributed by atoms with Crippen molar-refractivity contribution in [3.8, 4) is 0 Å². The van der Waals surface area contributed by atoms with Gasteiger partial charge < -0.3 is 20.3 Å². The Hall–Kier alpha value is -4.70. The molecular weight excluding hydrogens is 546 g/mol. The number of nitrogens with zero attached hydrogens (tertiary/aromatic N) is 4. The van der Waals surface area contributed by atoms with Crippen LogP contribution in [0.5, 0.6) is 0 Å². The van der Waals surface area contributed by atoms with Crippen LogP contribution in [0.1, 0.15) is 41.6 Å². The van der Waals surface area contributed by atoms with Gasteiger partial charge in [0.05, 0.1) is 5.69 Å². The van der Waals surface area contributed by atoms with Crippen molar-refractivity contribution in [2.45, 2.75) is 31.2 Å². The van der Waals surface area contributed by atoms with Gasteiger partial charge in [-0.2, -0.15) is 0 Å². The Bertz CT molecular complexity index is 1450. The van der Waals surface area contributed by atoms with E-state index in [2.05, 4.69) is 78.8 Å². The highest BCUT2D eigenvalue weighted by Crippen LogP contribution is 2.28. The summed E-state index contributed by atoms with van der Waals surface area (Å²) in [6.07, 6.45) is 6.39. The van der Waals surface area contributed by atoms with E-state index in [9.17, 15) is 9.59 Å². The predicted octanol–water partition coefficient (Wildman–Crippen LogP) is 5.19. The molecular formula is C32H33N7O2S. The van der Waals surface area contributed by atoms with E-state index in [0.29, 0.717) is 31.0 Å². The lowest BCUT2D eigenvalue weighted by molar-refractivity contribution is -0.114. The zero-order valence-electron chi connectivity index (χ0n) is 23.3. The molecule has 3 N–H and O–H groups in total. The summed E-state index contributed by atoms with van der Waals surface area (Å²) in [5, 5.41) is 5.82. The summed E-state index contributed by atoms with van der Waals surface area (Å²) in [6.45, 7) is 2.51. The van der Waals surface area contributed by atoms with E-state index in [-0.39, 0.29) is 17.9 Å². The minimum absolute atomic E-state index is 0.125. The van der Waals surface area contributed by atoms with Gasteiger partial charge in [-0.05, 0) is 53.8 Å². The molecule has 2 heterocycles. The highest BCUT2D eigenvalue weighted by molar-refractivity contribution is 7.98. The number of amidine groups is 1. The molecule has 10 heteroatoms. The normalized spacial score (nSPS) is 14.1. The molecule has 0 saturated carbocycles. The molecule has 1 aliphatic heterocycles. The lowest BCUT2D eigenvalue weighted by Gasteiger charge is -2.27. The maximum atomic E-state index is 13.6. The van der Waals surface area contributed by atoms with Gasteiger partial charge in [0, 0.05) is 62.2 Å². The summed E-state index contributed by atoms with van der Waals surface area (Å²) in [4.78, 5) is 40.0. The Balaban J connectivity index is 1.28. The molecule has 1 unspecified atom stereocenters. The van der Waals surface area contributed by atoms with Crippen molar-refractivity contribution >= 4 is 35.4 Å². The fourth-order valence-corrected chi connectivity index (χ4v) is 5.50. The first kappa shape index (κ1) is 28.8. The maximum absolute atomic E-state index is 13.6. The van der Waals surface area contributed by atoms with E-state index < -0.39 is 5.50 Å². The van der Waals surface area contributed by atoms with Crippen LogP contribution in [0.15, 0.2) is 109 Å². The van der Waals surface area contributed by atoms with Gasteiger partial charge in [-0.15, -0.1) is 0 Å². The number of carbonyl (C=O) groups excluding carboxylic acids is 2. The average molecular weight is 580 g/mol. The molecule has 0 bridgehead atoms. The first-order valence-corrected chi connectivity index (χ1v) is 14.7. The van der Waals surface area contributed by atoms with Gasteiger partial charge in [-0.3, -0.25) is 14.8 Å². The molecule has 0 spiro atoms. The Kier molecular flexibility index (Phi) is 9.79. The highest BCUT2D eigenvalue weighted by atomic mass is 32.2. The van der Waals surface area contributed by atoms with Gasteiger partial charge in [0.1, 0.15) is 5.84 Å². The van der Waals surface area contributed by atoms with E-state index in [1.165, 1.54) is 30.0 Å². The molecule has 1 aromatic heterocycles. The number of benzene rings is 3. The number of nitrogens with one attached hydrogen (secondary N) is 3. The van der Waals surface area contributed by atoms with Gasteiger partial charge in [0.25, 0.3) is 0 Å². The summed E-state index contributed by atoms with van der Waals surface area (Å²) in [5.74, 6) is 0.686. The molecule has 214 valence electrons. The Labute approximate surface area is 250 Å². The number of anilines is 1. The van der Waals surface area contributed by atoms with Crippen molar-refractivity contribution in [2.24, 2.45) is 4.99 Å². The summed E-state index contributed by atoms with van der Waals surface area (Å²) in [6, 6.07) is 28.0. The van der Waals surface area contributed by atoms with Gasteiger partial charge in [0.15, 0.2) is 5.50 Å². The van der Waals surface area contributed by atoms with Gasteiger partial charge in [0.2, 0.25) is 5.91 Å². The van der Waals surface area contributed by atoms with Crippen molar-refractivity contribution in [2.75, 3.05) is 18.4 Å². The third-order valence-electron chi connectivity index (χ3n) is 6.87. The molecule has 1 aliphatic rings. The number of hydrogen-bond acceptors (Lipinski definition) is 7. The number of aliphatic imine (C=N–C) groups is 1. The fraction of sp³-hybridized carbons (Fsp3) is 0.219. The molecule has 9 nitrogen and oxygen atoms in total. The minimum atomic E-state index is -0.486. The largest absolute Gasteiger partial charge is 0.326 e. The van der Waals surface area contributed by atoms with E-state index >= 15 is 0 Å². The summed E-state index contributed by atoms with van der Waals surface area (Å²) in [5.41, 5.74) is 4.35. The number of carbonyl (C=O) groups is 2. The monoisotopic (exact) mass is 579 g/mol. The zero-order chi connectivity index (χ0) is 29.1. The van der Waals surface area contributed by atoms with Crippen molar-refractivity contribution in [1.29, 1.82) is 0 Å². The predicted molar refractivity (Wildman–Crippen MR) is 167 cm³/mol. The number of urea groups is 1. The van der Waals surface area contributed by atoms with Crippen LogP contribution in [0, 0.1) is 0 Å². The lowest BCUT2D eigenvalue weighted by Crippen LogP contribution is -2.44. The summed E-state index contributed by atoms with van der Waals surface area (Å²) >= 11 is 1.33. The van der Waals surface area contributed by atoms with Crippen LogP contribution >= 0.6 is 11.9 Å². The van der Waals surface area contributed by atoms with Gasteiger partial charge in [-0.25, -0.2) is 9.79 Å². The molecule has 0 saturated heterocycles. The van der Waals surface area contributed by atoms with E-state index in [1.807, 2.05) is 41.3 Å². The van der Waals surface area contributed by atoms with Crippen LogP contribution in [0.25, 0.3) is 0 Å². The van der Waals surface area contributed by atoms with Crippen molar-refractivity contribution in [3.05, 3.63) is 126 Å². The van der Waals surface area contributed by atoms with Crippen LogP contribution in [-0.2, 0) is 11.2 Å². The fourth-order valence-electron chi connectivity index (χ4n) is 4.79. The number of aromatic nitrogens is 2. The van der Waals surface area contributed by atoms with Crippen LogP contribution in [0.2, 0.25) is 0 Å². The number of rotatable bonds is 11. The SMILES string of the molecule is CC(=O)Nc1ccc(C2=NC(NC(=O)N(CCc3cnccn3)CCC(c3ccccc3)c3ccccc3)SN2)cc1.